The van der Waals surface area contributed by atoms with Crippen molar-refractivity contribution in [1.82, 2.24) is 9.47 Å². The Labute approximate surface area is 161 Å². The monoisotopic (exact) mass is 379 g/mol. The summed E-state index contributed by atoms with van der Waals surface area (Å²) < 4.78 is 6.85. The van der Waals surface area contributed by atoms with Gasteiger partial charge in [-0.3, -0.25) is 14.2 Å². The number of fused-ring (bicyclic) bond motifs is 1. The number of hydrogen-bond donors (Lipinski definition) is 1. The van der Waals surface area contributed by atoms with Crippen LogP contribution in [-0.4, -0.2) is 34.4 Å². The van der Waals surface area contributed by atoms with Crippen LogP contribution < -0.4 is 11.5 Å². The first-order valence-corrected chi connectivity index (χ1v) is 9.29. The van der Waals surface area contributed by atoms with Crippen molar-refractivity contribution < 1.29 is 14.0 Å². The Morgan fingerprint density at radius 3 is 2.46 bits per heavy atom. The van der Waals surface area contributed by atoms with E-state index >= 15 is 0 Å². The minimum atomic E-state index is -0.453. The molecule has 0 saturated carbocycles. The summed E-state index contributed by atoms with van der Waals surface area (Å²) in [4.78, 5) is 38.2. The van der Waals surface area contributed by atoms with Crippen LogP contribution in [0.1, 0.15) is 28.8 Å². The van der Waals surface area contributed by atoms with Crippen LogP contribution in [0.4, 0.5) is 0 Å². The summed E-state index contributed by atoms with van der Waals surface area (Å²) in [5, 5.41) is 0. The van der Waals surface area contributed by atoms with E-state index in [1.807, 2.05) is 30.3 Å². The maximum atomic E-state index is 12.9. The second kappa shape index (κ2) is 7.34. The zero-order valence-corrected chi connectivity index (χ0v) is 15.3. The number of hydrogen-bond acceptors (Lipinski definition) is 4. The van der Waals surface area contributed by atoms with Gasteiger partial charge in [0.15, 0.2) is 5.58 Å². The molecule has 0 bridgehead atoms. The van der Waals surface area contributed by atoms with Gasteiger partial charge >= 0.3 is 5.76 Å². The van der Waals surface area contributed by atoms with Gasteiger partial charge < -0.3 is 15.1 Å². The van der Waals surface area contributed by atoms with E-state index in [0.29, 0.717) is 49.1 Å². The normalized spacial score (nSPS) is 15.1. The molecule has 0 aliphatic carbocycles. The molecule has 28 heavy (non-hydrogen) atoms. The molecule has 1 aliphatic heterocycles. The van der Waals surface area contributed by atoms with Gasteiger partial charge in [0.25, 0.3) is 5.91 Å². The fourth-order valence-corrected chi connectivity index (χ4v) is 3.66. The van der Waals surface area contributed by atoms with Gasteiger partial charge in [0.05, 0.1) is 12.1 Å². The highest BCUT2D eigenvalue weighted by Gasteiger charge is 2.27. The van der Waals surface area contributed by atoms with Gasteiger partial charge in [0.1, 0.15) is 0 Å². The standard InChI is InChI=1S/C21H21N3O4/c22-19(25)15-8-10-23(11-9-15)20(26)16-6-7-18-17(12-16)24(21(27)28-18)13-14-4-2-1-3-5-14/h1-7,12,15H,8-11,13H2,(H2,22,25). The fourth-order valence-electron chi connectivity index (χ4n) is 3.66. The van der Waals surface area contributed by atoms with Gasteiger partial charge in [-0.05, 0) is 36.6 Å². The van der Waals surface area contributed by atoms with Gasteiger partial charge in [0.2, 0.25) is 5.91 Å². The predicted octanol–water partition coefficient (Wildman–Crippen LogP) is 1.98. The molecule has 0 spiro atoms. The summed E-state index contributed by atoms with van der Waals surface area (Å²) in [6.45, 7) is 1.35. The van der Waals surface area contributed by atoms with Crippen molar-refractivity contribution in [3.8, 4) is 0 Å². The van der Waals surface area contributed by atoms with Crippen LogP contribution in [0, 0.1) is 5.92 Å². The maximum absolute atomic E-state index is 12.9. The van der Waals surface area contributed by atoms with Crippen molar-refractivity contribution in [3.05, 3.63) is 70.2 Å². The van der Waals surface area contributed by atoms with E-state index < -0.39 is 5.76 Å². The number of nitrogens with zero attached hydrogens (tertiary/aromatic N) is 2. The van der Waals surface area contributed by atoms with E-state index in [4.69, 9.17) is 10.2 Å². The van der Waals surface area contributed by atoms with Gasteiger partial charge in [-0.15, -0.1) is 0 Å². The molecule has 7 nitrogen and oxygen atoms in total. The Bertz CT molecular complexity index is 1080. The first-order chi connectivity index (χ1) is 13.5. The maximum Gasteiger partial charge on any atom is 0.420 e. The number of likely N-dealkylation sites (tertiary alicyclic amines) is 1. The molecule has 4 rings (SSSR count). The molecule has 2 N–H and O–H groups in total. The van der Waals surface area contributed by atoms with Gasteiger partial charge in [-0.1, -0.05) is 30.3 Å². The molecule has 0 radical (unpaired) electrons. The number of carbonyl (C=O) groups excluding carboxylic acids is 2. The third kappa shape index (κ3) is 3.43. The lowest BCUT2D eigenvalue weighted by Crippen LogP contribution is -2.41. The van der Waals surface area contributed by atoms with Crippen LogP contribution in [0.25, 0.3) is 11.1 Å². The second-order valence-electron chi connectivity index (χ2n) is 7.09. The van der Waals surface area contributed by atoms with E-state index in [0.717, 1.165) is 5.56 Å². The molecular formula is C21H21N3O4. The molecule has 3 aromatic rings. The van der Waals surface area contributed by atoms with E-state index in [2.05, 4.69) is 0 Å². The Morgan fingerprint density at radius 2 is 1.79 bits per heavy atom. The highest BCUT2D eigenvalue weighted by molar-refractivity contribution is 5.97. The number of amides is 2. The predicted molar refractivity (Wildman–Crippen MR) is 104 cm³/mol. The quantitative estimate of drug-likeness (QED) is 0.749. The Hall–Kier alpha value is -3.35. The highest BCUT2D eigenvalue weighted by atomic mass is 16.4. The molecule has 1 aromatic heterocycles. The number of piperidine rings is 1. The number of carbonyl (C=O) groups is 2. The van der Waals surface area contributed by atoms with Crippen molar-refractivity contribution in [3.63, 3.8) is 0 Å². The number of nitrogens with two attached hydrogens (primary N) is 1. The number of oxazole rings is 1. The van der Waals surface area contributed by atoms with E-state index in [-0.39, 0.29) is 17.7 Å². The molecule has 144 valence electrons. The molecule has 0 atom stereocenters. The van der Waals surface area contributed by atoms with Crippen LogP contribution in [0.2, 0.25) is 0 Å². The zero-order chi connectivity index (χ0) is 19.7. The lowest BCUT2D eigenvalue weighted by atomic mass is 9.96. The first kappa shape index (κ1) is 18.0. The van der Waals surface area contributed by atoms with E-state index in [9.17, 15) is 14.4 Å². The summed E-state index contributed by atoms with van der Waals surface area (Å²) in [5.41, 5.74) is 7.86. The smallest absolute Gasteiger partial charge is 0.408 e. The largest absolute Gasteiger partial charge is 0.420 e. The summed E-state index contributed by atoms with van der Waals surface area (Å²) in [6, 6.07) is 14.6. The van der Waals surface area contributed by atoms with Crippen molar-refractivity contribution >= 4 is 22.9 Å². The van der Waals surface area contributed by atoms with Crippen LogP contribution >= 0.6 is 0 Å². The summed E-state index contributed by atoms with van der Waals surface area (Å²) in [7, 11) is 0. The first-order valence-electron chi connectivity index (χ1n) is 9.29. The molecule has 2 amide bonds. The summed E-state index contributed by atoms with van der Waals surface area (Å²) >= 11 is 0. The lowest BCUT2D eigenvalue weighted by Gasteiger charge is -2.30. The SMILES string of the molecule is NC(=O)C1CCN(C(=O)c2ccc3oc(=O)n(Cc4ccccc4)c3c2)CC1. The van der Waals surface area contributed by atoms with Crippen LogP contribution in [0.15, 0.2) is 57.7 Å². The molecule has 1 fully saturated rings. The molecule has 1 aliphatic rings. The second-order valence-corrected chi connectivity index (χ2v) is 7.09. The minimum Gasteiger partial charge on any atom is -0.408 e. The molecule has 2 aromatic carbocycles. The average Bonchev–Trinajstić information content (AvgIpc) is 3.03. The lowest BCUT2D eigenvalue weighted by molar-refractivity contribution is -0.123. The topological polar surface area (TPSA) is 98.5 Å². The molecule has 7 heteroatoms. The number of aromatic nitrogens is 1. The summed E-state index contributed by atoms with van der Waals surface area (Å²) in [5.74, 6) is -1.05. The number of benzene rings is 2. The third-order valence-electron chi connectivity index (χ3n) is 5.28. The minimum absolute atomic E-state index is 0.121. The van der Waals surface area contributed by atoms with Crippen LogP contribution in [0.5, 0.6) is 0 Å². The van der Waals surface area contributed by atoms with Gasteiger partial charge in [0, 0.05) is 24.6 Å². The zero-order valence-electron chi connectivity index (χ0n) is 15.3. The average molecular weight is 379 g/mol. The number of primary amides is 1. The molecule has 0 unspecified atom stereocenters. The molecular weight excluding hydrogens is 358 g/mol. The summed E-state index contributed by atoms with van der Waals surface area (Å²) in [6.07, 6.45) is 1.15. The van der Waals surface area contributed by atoms with Crippen molar-refractivity contribution in [2.45, 2.75) is 19.4 Å². The Balaban J connectivity index is 1.60. The molecule has 1 saturated heterocycles. The fraction of sp³-hybridized carbons (Fsp3) is 0.286. The van der Waals surface area contributed by atoms with Crippen molar-refractivity contribution in [1.29, 1.82) is 0 Å². The molecule has 2 heterocycles. The van der Waals surface area contributed by atoms with Gasteiger partial charge in [-0.25, -0.2) is 4.79 Å². The Morgan fingerprint density at radius 1 is 1.07 bits per heavy atom. The number of rotatable bonds is 4. The Kier molecular flexibility index (Phi) is 4.73. The van der Waals surface area contributed by atoms with Crippen LogP contribution in [-0.2, 0) is 11.3 Å². The third-order valence-corrected chi connectivity index (χ3v) is 5.28. The van der Waals surface area contributed by atoms with E-state index in [1.54, 1.807) is 23.1 Å². The van der Waals surface area contributed by atoms with Crippen LogP contribution in [0.3, 0.4) is 0 Å². The highest BCUT2D eigenvalue weighted by Crippen LogP contribution is 2.21. The van der Waals surface area contributed by atoms with Crippen molar-refractivity contribution in [2.75, 3.05) is 13.1 Å². The van der Waals surface area contributed by atoms with E-state index in [1.165, 1.54) is 4.57 Å². The van der Waals surface area contributed by atoms with Gasteiger partial charge in [-0.2, -0.15) is 0 Å². The van der Waals surface area contributed by atoms with Crippen molar-refractivity contribution in [2.24, 2.45) is 11.7 Å².